The Bertz CT molecular complexity index is 732. The van der Waals surface area contributed by atoms with Crippen molar-refractivity contribution in [2.45, 2.75) is 38.5 Å². The predicted octanol–water partition coefficient (Wildman–Crippen LogP) is 5.04. The second-order valence-electron chi connectivity index (χ2n) is 6.14. The lowest BCUT2D eigenvalue weighted by atomic mass is 9.85. The summed E-state index contributed by atoms with van der Waals surface area (Å²) in [6.07, 6.45) is 2.43. The van der Waals surface area contributed by atoms with E-state index in [1.54, 1.807) is 0 Å². The molecule has 1 unspecified atom stereocenters. The van der Waals surface area contributed by atoms with Crippen LogP contribution in [-0.2, 0) is 19.3 Å². The number of hydrogen-bond donors (Lipinski definition) is 0. The zero-order chi connectivity index (χ0) is 16.3. The molecule has 0 saturated carbocycles. The Morgan fingerprint density at radius 3 is 2.48 bits per heavy atom. The lowest BCUT2D eigenvalue weighted by molar-refractivity contribution is -0.00273. The van der Waals surface area contributed by atoms with Crippen LogP contribution < -0.4 is 0 Å². The van der Waals surface area contributed by atoms with Crippen LogP contribution in [0.4, 0.5) is 8.78 Å². The summed E-state index contributed by atoms with van der Waals surface area (Å²) in [4.78, 5) is 0. The summed E-state index contributed by atoms with van der Waals surface area (Å²) < 4.78 is 28.9. The van der Waals surface area contributed by atoms with E-state index >= 15 is 0 Å². The van der Waals surface area contributed by atoms with Gasteiger partial charge in [-0.15, -0.1) is 0 Å². The van der Waals surface area contributed by atoms with E-state index < -0.39 is 11.8 Å². The molecule has 0 N–H and O–H groups in total. The van der Waals surface area contributed by atoms with Gasteiger partial charge in [-0.05, 0) is 54.4 Å². The molecular formula is C21H20F2. The molecule has 0 aliphatic heterocycles. The van der Waals surface area contributed by atoms with Crippen molar-refractivity contribution in [2.24, 2.45) is 5.92 Å². The first-order chi connectivity index (χ1) is 11.1. The van der Waals surface area contributed by atoms with Gasteiger partial charge in [0, 0.05) is 11.5 Å². The second kappa shape index (κ2) is 6.54. The maximum Gasteiger partial charge on any atom is 0.311 e. The van der Waals surface area contributed by atoms with Crippen molar-refractivity contribution in [3.05, 3.63) is 70.8 Å². The van der Waals surface area contributed by atoms with Gasteiger partial charge in [0.25, 0.3) is 0 Å². The van der Waals surface area contributed by atoms with E-state index in [4.69, 9.17) is 0 Å². The highest BCUT2D eigenvalue weighted by Crippen LogP contribution is 2.33. The predicted molar refractivity (Wildman–Crippen MR) is 89.6 cm³/mol. The summed E-state index contributed by atoms with van der Waals surface area (Å²) >= 11 is 0. The van der Waals surface area contributed by atoms with Crippen LogP contribution in [0.25, 0.3) is 0 Å². The fraction of sp³-hybridized carbons (Fsp3) is 0.333. The Balaban J connectivity index is 1.84. The molecule has 2 aromatic carbocycles. The molecule has 2 aromatic rings. The molecule has 3 rings (SSSR count). The van der Waals surface area contributed by atoms with Gasteiger partial charge in [-0.2, -0.15) is 8.78 Å². The first-order valence-corrected chi connectivity index (χ1v) is 8.15. The van der Waals surface area contributed by atoms with Gasteiger partial charge >= 0.3 is 5.92 Å². The standard InChI is InChI=1S/C21H20F2/c1-2-16-7-9-17(10-8-16)15-20-12-11-18-5-3-4-6-19(18)13-14-21(20,22)23/h3-10,20H,2,11-12,15H2,1H3. The van der Waals surface area contributed by atoms with Crippen LogP contribution in [-0.4, -0.2) is 5.92 Å². The van der Waals surface area contributed by atoms with Crippen LogP contribution in [0.3, 0.4) is 0 Å². The average Bonchev–Trinajstić information content (AvgIpc) is 2.57. The van der Waals surface area contributed by atoms with Gasteiger partial charge in [0.05, 0.1) is 0 Å². The number of alkyl halides is 2. The molecule has 1 atom stereocenters. The van der Waals surface area contributed by atoms with Crippen molar-refractivity contribution in [3.63, 3.8) is 0 Å². The van der Waals surface area contributed by atoms with Crippen molar-refractivity contribution < 1.29 is 8.78 Å². The van der Waals surface area contributed by atoms with Gasteiger partial charge in [-0.3, -0.25) is 0 Å². The summed E-state index contributed by atoms with van der Waals surface area (Å²) in [6, 6.07) is 15.6. The van der Waals surface area contributed by atoms with E-state index in [2.05, 4.69) is 18.8 Å². The van der Waals surface area contributed by atoms with Crippen molar-refractivity contribution >= 4 is 0 Å². The zero-order valence-corrected chi connectivity index (χ0v) is 13.3. The van der Waals surface area contributed by atoms with Crippen LogP contribution in [0.1, 0.15) is 35.6 Å². The Morgan fingerprint density at radius 1 is 1.04 bits per heavy atom. The molecule has 0 bridgehead atoms. The molecule has 0 saturated heterocycles. The van der Waals surface area contributed by atoms with Gasteiger partial charge in [-0.1, -0.05) is 55.3 Å². The largest absolute Gasteiger partial charge is 0.311 e. The monoisotopic (exact) mass is 310 g/mol. The van der Waals surface area contributed by atoms with E-state index in [0.717, 1.165) is 23.1 Å². The third-order valence-electron chi connectivity index (χ3n) is 4.57. The number of fused-ring (bicyclic) bond motifs is 1. The molecule has 0 radical (unpaired) electrons. The minimum atomic E-state index is -2.95. The highest BCUT2D eigenvalue weighted by Gasteiger charge is 2.38. The minimum absolute atomic E-state index is 0.369. The van der Waals surface area contributed by atoms with E-state index in [1.807, 2.05) is 48.5 Å². The number of benzene rings is 2. The van der Waals surface area contributed by atoms with Crippen molar-refractivity contribution in [1.82, 2.24) is 0 Å². The lowest BCUT2D eigenvalue weighted by Gasteiger charge is -2.24. The molecule has 23 heavy (non-hydrogen) atoms. The van der Waals surface area contributed by atoms with E-state index in [9.17, 15) is 8.78 Å². The first kappa shape index (κ1) is 15.7. The smallest absolute Gasteiger partial charge is 0.192 e. The maximum absolute atomic E-state index is 14.5. The fourth-order valence-electron chi connectivity index (χ4n) is 3.05. The van der Waals surface area contributed by atoms with Gasteiger partial charge in [-0.25, -0.2) is 0 Å². The molecule has 1 aliphatic carbocycles. The summed E-state index contributed by atoms with van der Waals surface area (Å²) in [5.74, 6) is 1.23. The molecule has 0 aromatic heterocycles. The second-order valence-corrected chi connectivity index (χ2v) is 6.14. The molecule has 118 valence electrons. The summed E-state index contributed by atoms with van der Waals surface area (Å²) in [5.41, 5.74) is 3.99. The van der Waals surface area contributed by atoms with E-state index in [-0.39, 0.29) is 0 Å². The maximum atomic E-state index is 14.5. The Kier molecular flexibility index (Phi) is 4.48. The molecule has 0 heterocycles. The lowest BCUT2D eigenvalue weighted by Crippen LogP contribution is -2.30. The van der Waals surface area contributed by atoms with Crippen molar-refractivity contribution in [1.29, 1.82) is 0 Å². The van der Waals surface area contributed by atoms with E-state index in [0.29, 0.717) is 19.3 Å². The molecule has 0 fully saturated rings. The average molecular weight is 310 g/mol. The summed E-state index contributed by atoms with van der Waals surface area (Å²) in [5, 5.41) is 0. The van der Waals surface area contributed by atoms with Gasteiger partial charge in [0.2, 0.25) is 0 Å². The van der Waals surface area contributed by atoms with Crippen LogP contribution in [0, 0.1) is 17.8 Å². The van der Waals surface area contributed by atoms with Gasteiger partial charge < -0.3 is 0 Å². The van der Waals surface area contributed by atoms with E-state index in [1.165, 1.54) is 5.56 Å². The van der Waals surface area contributed by atoms with Gasteiger partial charge in [0.15, 0.2) is 0 Å². The van der Waals surface area contributed by atoms with Crippen LogP contribution in [0.15, 0.2) is 48.5 Å². The SMILES string of the molecule is CCc1ccc(CC2CCc3ccccc3C#CC2(F)F)cc1. The number of hydrogen-bond acceptors (Lipinski definition) is 0. The third kappa shape index (κ3) is 3.62. The third-order valence-corrected chi connectivity index (χ3v) is 4.57. The number of halogens is 2. The first-order valence-electron chi connectivity index (χ1n) is 8.15. The molecule has 0 spiro atoms. The van der Waals surface area contributed by atoms with Crippen molar-refractivity contribution in [3.8, 4) is 11.8 Å². The molecule has 1 aliphatic rings. The Hall–Kier alpha value is -2.14. The highest BCUT2D eigenvalue weighted by molar-refractivity contribution is 5.43. The van der Waals surface area contributed by atoms with Crippen LogP contribution in [0.2, 0.25) is 0 Å². The van der Waals surface area contributed by atoms with Gasteiger partial charge in [0.1, 0.15) is 0 Å². The molecule has 2 heteroatoms. The van der Waals surface area contributed by atoms with Crippen LogP contribution >= 0.6 is 0 Å². The fourth-order valence-corrected chi connectivity index (χ4v) is 3.05. The molecular weight excluding hydrogens is 290 g/mol. The minimum Gasteiger partial charge on any atom is -0.192 e. The quantitative estimate of drug-likeness (QED) is 0.697. The Morgan fingerprint density at radius 2 is 1.74 bits per heavy atom. The molecule has 0 nitrogen and oxygen atoms in total. The normalized spacial score (nSPS) is 19.0. The Labute approximate surface area is 136 Å². The summed E-state index contributed by atoms with van der Waals surface area (Å²) in [6.45, 7) is 2.09. The zero-order valence-electron chi connectivity index (χ0n) is 13.3. The molecule has 0 amide bonds. The number of aryl methyl sites for hydroxylation is 2. The topological polar surface area (TPSA) is 0 Å². The van der Waals surface area contributed by atoms with Crippen LogP contribution in [0.5, 0.6) is 0 Å². The summed E-state index contributed by atoms with van der Waals surface area (Å²) in [7, 11) is 0. The number of rotatable bonds is 3. The van der Waals surface area contributed by atoms with Crippen molar-refractivity contribution in [2.75, 3.05) is 0 Å². The highest BCUT2D eigenvalue weighted by atomic mass is 19.3.